The van der Waals surface area contributed by atoms with E-state index in [0.29, 0.717) is 11.9 Å². The molecule has 1 aliphatic carbocycles. The standard InChI is InChI=1S/C12H22N2OS/c1-13-11-7-8-14(12(11)15)9-3-5-10(16-2)6-4-9/h9-11,13H,3-8H2,1-2H3. The van der Waals surface area contributed by atoms with E-state index in [0.717, 1.165) is 18.2 Å². The first-order valence-corrected chi connectivity index (χ1v) is 7.55. The van der Waals surface area contributed by atoms with Crippen molar-refractivity contribution in [3.63, 3.8) is 0 Å². The van der Waals surface area contributed by atoms with Gasteiger partial charge in [-0.2, -0.15) is 11.8 Å². The van der Waals surface area contributed by atoms with Crippen molar-refractivity contribution in [1.29, 1.82) is 0 Å². The van der Waals surface area contributed by atoms with Crippen molar-refractivity contribution in [2.45, 2.75) is 49.4 Å². The number of nitrogens with one attached hydrogen (secondary N) is 1. The molecule has 1 amide bonds. The van der Waals surface area contributed by atoms with Crippen LogP contribution < -0.4 is 5.32 Å². The Hall–Kier alpha value is -0.220. The molecule has 1 N–H and O–H groups in total. The van der Waals surface area contributed by atoms with E-state index in [-0.39, 0.29) is 6.04 Å². The van der Waals surface area contributed by atoms with Gasteiger partial charge in [-0.15, -0.1) is 0 Å². The van der Waals surface area contributed by atoms with E-state index in [1.54, 1.807) is 0 Å². The highest BCUT2D eigenvalue weighted by Crippen LogP contribution is 2.31. The highest BCUT2D eigenvalue weighted by atomic mass is 32.2. The van der Waals surface area contributed by atoms with Crippen LogP contribution in [0.5, 0.6) is 0 Å². The van der Waals surface area contributed by atoms with Crippen molar-refractivity contribution in [3.05, 3.63) is 0 Å². The molecule has 0 radical (unpaired) electrons. The van der Waals surface area contributed by atoms with Crippen LogP contribution in [-0.4, -0.2) is 48.0 Å². The summed E-state index contributed by atoms with van der Waals surface area (Å²) in [6.45, 7) is 0.957. The molecule has 16 heavy (non-hydrogen) atoms. The van der Waals surface area contributed by atoms with Crippen molar-refractivity contribution in [1.82, 2.24) is 10.2 Å². The first-order valence-electron chi connectivity index (χ1n) is 6.26. The summed E-state index contributed by atoms with van der Waals surface area (Å²) in [4.78, 5) is 14.2. The average molecular weight is 242 g/mol. The number of hydrogen-bond acceptors (Lipinski definition) is 3. The van der Waals surface area contributed by atoms with E-state index in [1.807, 2.05) is 18.8 Å². The summed E-state index contributed by atoms with van der Waals surface area (Å²) in [5, 5.41) is 3.94. The number of likely N-dealkylation sites (N-methyl/N-ethyl adjacent to an activating group) is 1. The molecule has 0 bridgehead atoms. The monoisotopic (exact) mass is 242 g/mol. The SMILES string of the molecule is CNC1CCN(C2CCC(SC)CC2)C1=O. The molecule has 1 heterocycles. The van der Waals surface area contributed by atoms with Crippen LogP contribution in [0.25, 0.3) is 0 Å². The maximum absolute atomic E-state index is 12.0. The Labute approximate surface area is 102 Å². The zero-order valence-electron chi connectivity index (χ0n) is 10.2. The van der Waals surface area contributed by atoms with Gasteiger partial charge in [-0.25, -0.2) is 0 Å². The zero-order valence-corrected chi connectivity index (χ0v) is 11.1. The van der Waals surface area contributed by atoms with E-state index in [1.165, 1.54) is 25.7 Å². The molecule has 1 atom stereocenters. The van der Waals surface area contributed by atoms with Crippen molar-refractivity contribution in [2.24, 2.45) is 0 Å². The third kappa shape index (κ3) is 2.38. The Morgan fingerprint density at radius 2 is 1.94 bits per heavy atom. The number of carbonyl (C=O) groups is 1. The van der Waals surface area contributed by atoms with Crippen LogP contribution in [0, 0.1) is 0 Å². The molecule has 1 aliphatic heterocycles. The molecule has 4 heteroatoms. The topological polar surface area (TPSA) is 32.3 Å². The quantitative estimate of drug-likeness (QED) is 0.813. The van der Waals surface area contributed by atoms with Gasteiger partial charge in [0.2, 0.25) is 5.91 Å². The second kappa shape index (κ2) is 5.41. The highest BCUT2D eigenvalue weighted by Gasteiger charge is 2.36. The average Bonchev–Trinajstić information content (AvgIpc) is 2.70. The number of nitrogens with zero attached hydrogens (tertiary/aromatic N) is 1. The van der Waals surface area contributed by atoms with Gasteiger partial charge < -0.3 is 10.2 Å². The van der Waals surface area contributed by atoms with Crippen molar-refractivity contribution < 1.29 is 4.79 Å². The van der Waals surface area contributed by atoms with Crippen LogP contribution in [0.1, 0.15) is 32.1 Å². The lowest BCUT2D eigenvalue weighted by molar-refractivity contribution is -0.131. The van der Waals surface area contributed by atoms with Gasteiger partial charge in [-0.1, -0.05) is 0 Å². The smallest absolute Gasteiger partial charge is 0.240 e. The lowest BCUT2D eigenvalue weighted by atomic mass is 9.94. The number of amides is 1. The molecule has 1 saturated carbocycles. The normalized spacial score (nSPS) is 35.8. The lowest BCUT2D eigenvalue weighted by Crippen LogP contribution is -2.43. The fourth-order valence-corrected chi connectivity index (χ4v) is 3.67. The summed E-state index contributed by atoms with van der Waals surface area (Å²) in [6, 6.07) is 0.604. The van der Waals surface area contributed by atoms with Crippen molar-refractivity contribution in [3.8, 4) is 0 Å². The molecule has 0 spiro atoms. The van der Waals surface area contributed by atoms with Gasteiger partial charge >= 0.3 is 0 Å². The Balaban J connectivity index is 1.88. The first-order chi connectivity index (χ1) is 7.76. The van der Waals surface area contributed by atoms with E-state index < -0.39 is 0 Å². The molecule has 0 aromatic rings. The molecule has 3 nitrogen and oxygen atoms in total. The maximum Gasteiger partial charge on any atom is 0.240 e. The second-order valence-electron chi connectivity index (χ2n) is 4.83. The summed E-state index contributed by atoms with van der Waals surface area (Å²) in [5.74, 6) is 0.329. The van der Waals surface area contributed by atoms with Crippen LogP contribution in [0.4, 0.5) is 0 Å². The largest absolute Gasteiger partial charge is 0.338 e. The number of hydrogen-bond donors (Lipinski definition) is 1. The van der Waals surface area contributed by atoms with Crippen LogP contribution in [0.2, 0.25) is 0 Å². The third-order valence-corrected chi connectivity index (χ3v) is 5.14. The molecule has 0 aromatic heterocycles. The fraction of sp³-hybridized carbons (Fsp3) is 0.917. The van der Waals surface area contributed by atoms with Crippen molar-refractivity contribution in [2.75, 3.05) is 19.8 Å². The summed E-state index contributed by atoms with van der Waals surface area (Å²) < 4.78 is 0. The molecule has 1 saturated heterocycles. The molecule has 1 unspecified atom stereocenters. The molecule has 92 valence electrons. The van der Waals surface area contributed by atoms with E-state index in [2.05, 4.69) is 16.5 Å². The summed E-state index contributed by atoms with van der Waals surface area (Å²) >= 11 is 1.98. The van der Waals surface area contributed by atoms with Gasteiger partial charge in [-0.05, 0) is 45.4 Å². The van der Waals surface area contributed by atoms with Crippen molar-refractivity contribution >= 4 is 17.7 Å². The summed E-state index contributed by atoms with van der Waals surface area (Å²) in [6.07, 6.45) is 8.14. The Bertz CT molecular complexity index is 251. The van der Waals surface area contributed by atoms with E-state index >= 15 is 0 Å². The van der Waals surface area contributed by atoms with Gasteiger partial charge in [-0.3, -0.25) is 4.79 Å². The predicted octanol–water partition coefficient (Wildman–Crippen LogP) is 1.48. The first kappa shape index (κ1) is 12.2. The summed E-state index contributed by atoms with van der Waals surface area (Å²) in [7, 11) is 1.89. The van der Waals surface area contributed by atoms with Crippen LogP contribution in [0.15, 0.2) is 0 Å². The fourth-order valence-electron chi connectivity index (χ4n) is 2.92. The minimum absolute atomic E-state index is 0.0817. The maximum atomic E-state index is 12.0. The molecular weight excluding hydrogens is 220 g/mol. The minimum Gasteiger partial charge on any atom is -0.338 e. The van der Waals surface area contributed by atoms with Gasteiger partial charge in [0.25, 0.3) is 0 Å². The molecule has 2 aliphatic rings. The molecule has 2 fully saturated rings. The molecule has 2 rings (SSSR count). The Kier molecular flexibility index (Phi) is 4.14. The van der Waals surface area contributed by atoms with Gasteiger partial charge in [0.1, 0.15) is 0 Å². The van der Waals surface area contributed by atoms with Gasteiger partial charge in [0.05, 0.1) is 6.04 Å². The zero-order chi connectivity index (χ0) is 11.5. The lowest BCUT2D eigenvalue weighted by Gasteiger charge is -2.34. The van der Waals surface area contributed by atoms with E-state index in [9.17, 15) is 4.79 Å². The van der Waals surface area contributed by atoms with Crippen LogP contribution in [-0.2, 0) is 4.79 Å². The highest BCUT2D eigenvalue weighted by molar-refractivity contribution is 7.99. The van der Waals surface area contributed by atoms with Crippen LogP contribution in [0.3, 0.4) is 0 Å². The number of carbonyl (C=O) groups excluding carboxylic acids is 1. The third-order valence-electron chi connectivity index (χ3n) is 4.01. The van der Waals surface area contributed by atoms with Gasteiger partial charge in [0.15, 0.2) is 0 Å². The van der Waals surface area contributed by atoms with Gasteiger partial charge in [0, 0.05) is 17.8 Å². The number of likely N-dealkylation sites (tertiary alicyclic amines) is 1. The Morgan fingerprint density at radius 1 is 1.25 bits per heavy atom. The molecular formula is C12H22N2OS. The van der Waals surface area contributed by atoms with Crippen LogP contribution >= 0.6 is 11.8 Å². The predicted molar refractivity (Wildman–Crippen MR) is 68.7 cm³/mol. The summed E-state index contributed by atoms with van der Waals surface area (Å²) in [5.41, 5.74) is 0. The molecule has 0 aromatic carbocycles. The number of rotatable bonds is 3. The second-order valence-corrected chi connectivity index (χ2v) is 5.97. The minimum atomic E-state index is 0.0817. The Morgan fingerprint density at radius 3 is 2.44 bits per heavy atom. The number of thioether (sulfide) groups is 1. The van der Waals surface area contributed by atoms with E-state index in [4.69, 9.17) is 0 Å².